The van der Waals surface area contributed by atoms with Gasteiger partial charge >= 0.3 is 6.41 Å². The molecular weight excluding hydrogens is 282 g/mol. The van der Waals surface area contributed by atoms with Gasteiger partial charge in [-0.1, -0.05) is 54.4 Å². The largest absolute Gasteiger partial charge is 0.328 e. The average molecular weight is 321 g/mol. The SMILES string of the molecule is CC1CCC(C(C)C)C(N([C]=O)C2CC(C)CCC2C(C)C)C1. The summed E-state index contributed by atoms with van der Waals surface area (Å²) in [6, 6.07) is 0.820. The van der Waals surface area contributed by atoms with Gasteiger partial charge in [-0.25, -0.2) is 0 Å². The Bertz CT molecular complexity index is 346. The first-order valence-corrected chi connectivity index (χ1v) is 10.0. The van der Waals surface area contributed by atoms with E-state index in [0.717, 1.165) is 11.8 Å². The lowest BCUT2D eigenvalue weighted by molar-refractivity contribution is 0.0230. The normalized spacial score (nSPS) is 38.8. The van der Waals surface area contributed by atoms with Crippen LogP contribution >= 0.6 is 0 Å². The minimum Gasteiger partial charge on any atom is -0.328 e. The van der Waals surface area contributed by atoms with E-state index < -0.39 is 0 Å². The van der Waals surface area contributed by atoms with Gasteiger partial charge in [0.05, 0.1) is 0 Å². The molecule has 6 atom stereocenters. The van der Waals surface area contributed by atoms with Crippen molar-refractivity contribution in [3.8, 4) is 0 Å². The molecule has 2 rings (SSSR count). The fourth-order valence-corrected chi connectivity index (χ4v) is 5.32. The Labute approximate surface area is 144 Å². The van der Waals surface area contributed by atoms with Crippen LogP contribution in [0.2, 0.25) is 0 Å². The number of amides is 1. The number of carbonyl (C=O) groups excluding carboxylic acids is 1. The van der Waals surface area contributed by atoms with E-state index in [0.29, 0.717) is 35.8 Å². The smallest absolute Gasteiger partial charge is 0.312 e. The average Bonchev–Trinajstić information content (AvgIpc) is 2.47. The van der Waals surface area contributed by atoms with E-state index in [1.165, 1.54) is 38.5 Å². The first-order chi connectivity index (χ1) is 10.8. The van der Waals surface area contributed by atoms with Crippen molar-refractivity contribution in [1.29, 1.82) is 0 Å². The Kier molecular flexibility index (Phi) is 6.57. The Hall–Kier alpha value is -0.530. The van der Waals surface area contributed by atoms with Crippen molar-refractivity contribution in [3.05, 3.63) is 0 Å². The van der Waals surface area contributed by atoms with E-state index in [2.05, 4.69) is 52.9 Å². The van der Waals surface area contributed by atoms with Crippen LogP contribution in [0.4, 0.5) is 0 Å². The zero-order valence-corrected chi connectivity index (χ0v) is 16.2. The molecule has 0 saturated heterocycles. The molecule has 2 heteroatoms. The second-order valence-corrected chi connectivity index (χ2v) is 9.29. The quantitative estimate of drug-likeness (QED) is 0.631. The highest BCUT2D eigenvalue weighted by molar-refractivity contribution is 5.50. The van der Waals surface area contributed by atoms with E-state index >= 15 is 0 Å². The second kappa shape index (κ2) is 8.03. The van der Waals surface area contributed by atoms with Gasteiger partial charge in [-0.3, -0.25) is 4.79 Å². The van der Waals surface area contributed by atoms with E-state index in [1.807, 2.05) is 0 Å². The van der Waals surface area contributed by atoms with E-state index in [9.17, 15) is 4.79 Å². The topological polar surface area (TPSA) is 20.3 Å². The summed E-state index contributed by atoms with van der Waals surface area (Å²) in [5, 5.41) is 0. The van der Waals surface area contributed by atoms with Crippen LogP contribution in [0.25, 0.3) is 0 Å². The zero-order chi connectivity index (χ0) is 17.1. The van der Waals surface area contributed by atoms with Crippen molar-refractivity contribution in [2.24, 2.45) is 35.5 Å². The first-order valence-electron chi connectivity index (χ1n) is 10.0. The third-order valence-corrected chi connectivity index (χ3v) is 6.79. The second-order valence-electron chi connectivity index (χ2n) is 9.29. The number of nitrogens with zero attached hydrogens (tertiary/aromatic N) is 1. The van der Waals surface area contributed by atoms with Crippen LogP contribution in [0.5, 0.6) is 0 Å². The molecule has 2 fully saturated rings. The first kappa shape index (κ1) is 18.8. The lowest BCUT2D eigenvalue weighted by Gasteiger charge is -2.49. The maximum absolute atomic E-state index is 12.1. The summed E-state index contributed by atoms with van der Waals surface area (Å²) in [5.41, 5.74) is 0. The molecule has 1 amide bonds. The standard InChI is InChI=1S/C21H38NO/c1-14(2)18-9-7-16(5)11-20(18)22(13-23)21-12-17(6)8-10-19(21)15(3)4/h14-21H,7-12H2,1-6H3. The van der Waals surface area contributed by atoms with Crippen molar-refractivity contribution < 1.29 is 4.79 Å². The van der Waals surface area contributed by atoms with Crippen molar-refractivity contribution >= 4 is 6.41 Å². The molecule has 133 valence electrons. The molecule has 2 saturated carbocycles. The van der Waals surface area contributed by atoms with Crippen molar-refractivity contribution in [3.63, 3.8) is 0 Å². The van der Waals surface area contributed by atoms with Gasteiger partial charge in [0.15, 0.2) is 0 Å². The molecule has 23 heavy (non-hydrogen) atoms. The molecule has 0 heterocycles. The van der Waals surface area contributed by atoms with Crippen LogP contribution in [0.1, 0.15) is 80.1 Å². The summed E-state index contributed by atoms with van der Waals surface area (Å²) in [7, 11) is 0. The molecule has 6 unspecified atom stereocenters. The van der Waals surface area contributed by atoms with Crippen LogP contribution in [-0.2, 0) is 4.79 Å². The van der Waals surface area contributed by atoms with Gasteiger partial charge in [-0.05, 0) is 61.2 Å². The summed E-state index contributed by atoms with van der Waals surface area (Å²) in [6.07, 6.45) is 9.97. The fraction of sp³-hybridized carbons (Fsp3) is 0.952. The van der Waals surface area contributed by atoms with Gasteiger partial charge in [-0.2, -0.15) is 0 Å². The highest BCUT2D eigenvalue weighted by Gasteiger charge is 2.42. The maximum atomic E-state index is 12.1. The molecule has 2 nitrogen and oxygen atoms in total. The van der Waals surface area contributed by atoms with Crippen molar-refractivity contribution in [2.75, 3.05) is 0 Å². The Morgan fingerprint density at radius 2 is 1.17 bits per heavy atom. The molecule has 0 N–H and O–H groups in total. The van der Waals surface area contributed by atoms with Crippen LogP contribution < -0.4 is 0 Å². The Morgan fingerprint density at radius 1 is 0.783 bits per heavy atom. The summed E-state index contributed by atoms with van der Waals surface area (Å²) >= 11 is 0. The molecule has 0 bridgehead atoms. The van der Waals surface area contributed by atoms with Gasteiger partial charge in [0.25, 0.3) is 0 Å². The van der Waals surface area contributed by atoms with Gasteiger partial charge in [0.2, 0.25) is 0 Å². The molecule has 2 aliphatic carbocycles. The number of hydrogen-bond acceptors (Lipinski definition) is 1. The predicted molar refractivity (Wildman–Crippen MR) is 97.8 cm³/mol. The molecule has 0 aromatic rings. The van der Waals surface area contributed by atoms with Crippen LogP contribution in [0.3, 0.4) is 0 Å². The lowest BCUT2D eigenvalue weighted by atomic mass is 9.69. The summed E-state index contributed by atoms with van der Waals surface area (Å²) in [5.74, 6) is 4.09. The third kappa shape index (κ3) is 4.31. The maximum Gasteiger partial charge on any atom is 0.312 e. The van der Waals surface area contributed by atoms with Gasteiger partial charge < -0.3 is 4.90 Å². The van der Waals surface area contributed by atoms with E-state index in [1.54, 1.807) is 0 Å². The predicted octanol–water partition coefficient (Wildman–Crippen LogP) is 5.28. The fourth-order valence-electron chi connectivity index (χ4n) is 5.32. The van der Waals surface area contributed by atoms with Gasteiger partial charge in [-0.15, -0.1) is 0 Å². The number of rotatable bonds is 5. The molecule has 2 aliphatic rings. The van der Waals surface area contributed by atoms with Gasteiger partial charge in [0.1, 0.15) is 0 Å². The van der Waals surface area contributed by atoms with Gasteiger partial charge in [0, 0.05) is 12.1 Å². The monoisotopic (exact) mass is 320 g/mol. The highest BCUT2D eigenvalue weighted by atomic mass is 16.1. The Balaban J connectivity index is 2.25. The Morgan fingerprint density at radius 3 is 1.48 bits per heavy atom. The van der Waals surface area contributed by atoms with Crippen molar-refractivity contribution in [1.82, 2.24) is 4.90 Å². The lowest BCUT2D eigenvalue weighted by Crippen LogP contribution is -2.54. The third-order valence-electron chi connectivity index (χ3n) is 6.79. The van der Waals surface area contributed by atoms with E-state index in [4.69, 9.17) is 0 Å². The molecule has 1 radical (unpaired) electrons. The number of hydrogen-bond donors (Lipinski definition) is 0. The molecule has 0 aliphatic heterocycles. The summed E-state index contributed by atoms with van der Waals surface area (Å²) < 4.78 is 0. The minimum atomic E-state index is 0.410. The summed E-state index contributed by atoms with van der Waals surface area (Å²) in [4.78, 5) is 14.2. The molecule has 0 spiro atoms. The van der Waals surface area contributed by atoms with Crippen molar-refractivity contribution in [2.45, 2.75) is 92.2 Å². The molecule has 0 aromatic heterocycles. The molecular formula is C21H38NO. The van der Waals surface area contributed by atoms with Crippen LogP contribution in [0.15, 0.2) is 0 Å². The van der Waals surface area contributed by atoms with Crippen LogP contribution in [0, 0.1) is 35.5 Å². The summed E-state index contributed by atoms with van der Waals surface area (Å²) in [6.45, 7) is 14.0. The molecule has 0 aromatic carbocycles. The minimum absolute atomic E-state index is 0.410. The highest BCUT2D eigenvalue weighted by Crippen LogP contribution is 2.42. The van der Waals surface area contributed by atoms with Crippen LogP contribution in [-0.4, -0.2) is 23.4 Å². The van der Waals surface area contributed by atoms with E-state index in [-0.39, 0.29) is 0 Å². The zero-order valence-electron chi connectivity index (χ0n) is 16.2.